The van der Waals surface area contributed by atoms with E-state index in [0.29, 0.717) is 6.04 Å². The molecular weight excluding hydrogens is 517 g/mol. The smallest absolute Gasteiger partial charge is 0.258 e. The third-order valence-corrected chi connectivity index (χ3v) is 6.08. The summed E-state index contributed by atoms with van der Waals surface area (Å²) in [5.41, 5.74) is 1.22. The predicted octanol–water partition coefficient (Wildman–Crippen LogP) is 2.93. The van der Waals surface area contributed by atoms with E-state index in [2.05, 4.69) is 32.8 Å². The van der Waals surface area contributed by atoms with E-state index in [1.165, 1.54) is 37.8 Å². The first-order valence-corrected chi connectivity index (χ1v) is 11.9. The van der Waals surface area contributed by atoms with Gasteiger partial charge >= 0.3 is 0 Å². The van der Waals surface area contributed by atoms with Crippen LogP contribution in [0.4, 0.5) is 0 Å². The molecule has 1 aliphatic carbocycles. The number of piperidine rings is 1. The molecule has 1 amide bonds. The molecule has 1 heterocycles. The second-order valence-electron chi connectivity index (χ2n) is 8.54. The molecule has 1 saturated carbocycles. The number of likely N-dealkylation sites (tertiary alicyclic amines) is 1. The number of hydrogen-bond donors (Lipinski definition) is 3. The summed E-state index contributed by atoms with van der Waals surface area (Å²) in [6, 6.07) is 9.06. The van der Waals surface area contributed by atoms with E-state index < -0.39 is 0 Å². The molecular formula is C24H40IN5O2. The average Bonchev–Trinajstić information content (AvgIpc) is 3.61. The van der Waals surface area contributed by atoms with E-state index in [9.17, 15) is 4.79 Å². The normalized spacial score (nSPS) is 19.1. The zero-order valence-corrected chi connectivity index (χ0v) is 21.9. The first-order valence-electron chi connectivity index (χ1n) is 11.9. The molecule has 1 saturated heterocycles. The number of carbonyl (C=O) groups is 1. The lowest BCUT2D eigenvalue weighted by molar-refractivity contribution is -0.123. The molecule has 0 radical (unpaired) electrons. The summed E-state index contributed by atoms with van der Waals surface area (Å²) in [5.74, 6) is 1.54. The summed E-state index contributed by atoms with van der Waals surface area (Å²) < 4.78 is 5.56. The van der Waals surface area contributed by atoms with E-state index in [-0.39, 0.29) is 36.5 Å². The van der Waals surface area contributed by atoms with Crippen LogP contribution in [0.3, 0.4) is 0 Å². The third kappa shape index (κ3) is 9.52. The number of amides is 1. The molecule has 0 aromatic heterocycles. The SMILES string of the molecule is CCC1CCCCN1CCNC(=NC)NCCc1ccc(OCC(=O)NC2CC2)cc1.I. The molecule has 1 unspecified atom stereocenters. The molecule has 0 bridgehead atoms. The lowest BCUT2D eigenvalue weighted by Crippen LogP contribution is -2.46. The number of ether oxygens (including phenoxy) is 1. The van der Waals surface area contributed by atoms with Gasteiger partial charge in [-0.1, -0.05) is 25.5 Å². The molecule has 180 valence electrons. The van der Waals surface area contributed by atoms with Gasteiger partial charge in [0, 0.05) is 38.8 Å². The Bertz CT molecular complexity index is 709. The molecule has 1 aromatic carbocycles. The Morgan fingerprint density at radius 2 is 1.88 bits per heavy atom. The van der Waals surface area contributed by atoms with Gasteiger partial charge in [0.15, 0.2) is 12.6 Å². The fourth-order valence-electron chi connectivity index (χ4n) is 4.08. The standard InChI is InChI=1S/C24H39N5O2.HI/c1-3-21-6-4-5-16-29(21)17-15-27-24(25-2)26-14-13-19-7-11-22(12-8-19)31-18-23(30)28-20-9-10-20;/h7-8,11-12,20-21H,3-6,9-10,13-18H2,1-2H3,(H,28,30)(H2,25,26,27);1H. The molecule has 2 aliphatic rings. The van der Waals surface area contributed by atoms with Crippen LogP contribution < -0.4 is 20.7 Å². The lowest BCUT2D eigenvalue weighted by atomic mass is 10.0. The zero-order chi connectivity index (χ0) is 21.9. The van der Waals surface area contributed by atoms with Crippen LogP contribution >= 0.6 is 24.0 Å². The summed E-state index contributed by atoms with van der Waals surface area (Å²) >= 11 is 0. The van der Waals surface area contributed by atoms with E-state index in [4.69, 9.17) is 4.74 Å². The summed E-state index contributed by atoms with van der Waals surface area (Å²) in [4.78, 5) is 18.7. The van der Waals surface area contributed by atoms with Gasteiger partial charge in [0.25, 0.3) is 5.91 Å². The van der Waals surface area contributed by atoms with E-state index in [1.807, 2.05) is 31.3 Å². The maximum Gasteiger partial charge on any atom is 0.258 e. The van der Waals surface area contributed by atoms with Crippen molar-refractivity contribution in [1.29, 1.82) is 0 Å². The minimum atomic E-state index is -0.0415. The predicted molar refractivity (Wildman–Crippen MR) is 141 cm³/mol. The number of rotatable bonds is 11. The van der Waals surface area contributed by atoms with Crippen molar-refractivity contribution in [2.24, 2.45) is 4.99 Å². The van der Waals surface area contributed by atoms with Gasteiger partial charge < -0.3 is 20.7 Å². The molecule has 0 spiro atoms. The molecule has 3 rings (SSSR count). The van der Waals surface area contributed by atoms with Gasteiger partial charge in [-0.3, -0.25) is 14.7 Å². The zero-order valence-electron chi connectivity index (χ0n) is 19.6. The Morgan fingerprint density at radius 3 is 2.56 bits per heavy atom. The molecule has 8 heteroatoms. The average molecular weight is 558 g/mol. The van der Waals surface area contributed by atoms with Crippen molar-refractivity contribution in [3.63, 3.8) is 0 Å². The number of nitrogens with zero attached hydrogens (tertiary/aromatic N) is 2. The van der Waals surface area contributed by atoms with Crippen LogP contribution in [0, 0.1) is 0 Å². The highest BCUT2D eigenvalue weighted by Crippen LogP contribution is 2.19. The fourth-order valence-corrected chi connectivity index (χ4v) is 4.08. The summed E-state index contributed by atoms with van der Waals surface area (Å²) in [6.07, 6.45) is 8.34. The number of aliphatic imine (C=N–C) groups is 1. The summed E-state index contributed by atoms with van der Waals surface area (Å²) in [5, 5.41) is 9.76. The van der Waals surface area contributed by atoms with Gasteiger partial charge in [0.1, 0.15) is 5.75 Å². The van der Waals surface area contributed by atoms with Crippen LogP contribution in [0.15, 0.2) is 29.3 Å². The van der Waals surface area contributed by atoms with Crippen LogP contribution in [-0.4, -0.2) is 68.7 Å². The highest BCUT2D eigenvalue weighted by molar-refractivity contribution is 14.0. The van der Waals surface area contributed by atoms with E-state index in [0.717, 1.165) is 56.6 Å². The number of halogens is 1. The number of hydrogen-bond acceptors (Lipinski definition) is 4. The first kappa shape index (κ1) is 26.7. The number of guanidine groups is 1. The Balaban J connectivity index is 0.00000363. The highest BCUT2D eigenvalue weighted by Gasteiger charge is 2.23. The van der Waals surface area contributed by atoms with Crippen LogP contribution in [0.1, 0.15) is 51.0 Å². The van der Waals surface area contributed by atoms with E-state index >= 15 is 0 Å². The third-order valence-electron chi connectivity index (χ3n) is 6.08. The summed E-state index contributed by atoms with van der Waals surface area (Å²) in [7, 11) is 1.82. The molecule has 1 atom stereocenters. The Morgan fingerprint density at radius 1 is 1.12 bits per heavy atom. The van der Waals surface area contributed by atoms with Crippen molar-refractivity contribution in [3.05, 3.63) is 29.8 Å². The number of nitrogens with one attached hydrogen (secondary N) is 3. The van der Waals surface area contributed by atoms with Crippen molar-refractivity contribution in [3.8, 4) is 5.75 Å². The van der Waals surface area contributed by atoms with Crippen LogP contribution in [-0.2, 0) is 11.2 Å². The quantitative estimate of drug-likeness (QED) is 0.222. The van der Waals surface area contributed by atoms with Crippen LogP contribution in [0.25, 0.3) is 0 Å². The monoisotopic (exact) mass is 557 g/mol. The van der Waals surface area contributed by atoms with Gasteiger partial charge in [-0.05, 0) is 62.8 Å². The Hall–Kier alpha value is -1.55. The van der Waals surface area contributed by atoms with Crippen molar-refractivity contribution in [2.45, 2.75) is 64.0 Å². The summed E-state index contributed by atoms with van der Waals surface area (Å²) in [6.45, 7) is 6.38. The largest absolute Gasteiger partial charge is 0.484 e. The van der Waals surface area contributed by atoms with Gasteiger partial charge in [0.2, 0.25) is 0 Å². The molecule has 1 aliphatic heterocycles. The maximum absolute atomic E-state index is 11.7. The topological polar surface area (TPSA) is 78.0 Å². The van der Waals surface area contributed by atoms with Crippen molar-refractivity contribution < 1.29 is 9.53 Å². The Labute approximate surface area is 210 Å². The number of carbonyl (C=O) groups excluding carboxylic acids is 1. The minimum Gasteiger partial charge on any atom is -0.484 e. The number of benzene rings is 1. The maximum atomic E-state index is 11.7. The molecule has 32 heavy (non-hydrogen) atoms. The molecule has 7 nitrogen and oxygen atoms in total. The van der Waals surface area contributed by atoms with E-state index in [1.54, 1.807) is 0 Å². The van der Waals surface area contributed by atoms with Gasteiger partial charge in [-0.15, -0.1) is 24.0 Å². The second-order valence-corrected chi connectivity index (χ2v) is 8.54. The van der Waals surface area contributed by atoms with Gasteiger partial charge in [0.05, 0.1) is 0 Å². The molecule has 3 N–H and O–H groups in total. The first-order chi connectivity index (χ1) is 15.2. The Kier molecular flexibility index (Phi) is 12.2. The van der Waals surface area contributed by atoms with Crippen LogP contribution in [0.2, 0.25) is 0 Å². The van der Waals surface area contributed by atoms with Crippen molar-refractivity contribution >= 4 is 35.8 Å². The van der Waals surface area contributed by atoms with Crippen molar-refractivity contribution in [2.75, 3.05) is 39.8 Å². The second kappa shape index (κ2) is 14.6. The lowest BCUT2D eigenvalue weighted by Gasteiger charge is -2.35. The van der Waals surface area contributed by atoms with Gasteiger partial charge in [-0.25, -0.2) is 0 Å². The minimum absolute atomic E-state index is 0. The molecule has 2 fully saturated rings. The fraction of sp³-hybridized carbons (Fsp3) is 0.667. The highest BCUT2D eigenvalue weighted by atomic mass is 127. The molecule has 1 aromatic rings. The van der Waals surface area contributed by atoms with Crippen molar-refractivity contribution in [1.82, 2.24) is 20.9 Å². The van der Waals surface area contributed by atoms with Gasteiger partial charge in [-0.2, -0.15) is 0 Å². The van der Waals surface area contributed by atoms with Crippen LogP contribution in [0.5, 0.6) is 5.75 Å².